The summed E-state index contributed by atoms with van der Waals surface area (Å²) in [4.78, 5) is 11.5. The normalized spacial score (nSPS) is 10.6. The Labute approximate surface area is 130 Å². The minimum atomic E-state index is -0.454. The molecular formula is C14H10ClN5O2. The molecule has 7 nitrogen and oxygen atoms in total. The third-order valence-corrected chi connectivity index (χ3v) is 3.27. The number of nitrogens with zero attached hydrogens (tertiary/aromatic N) is 5. The largest absolute Gasteiger partial charge is 0.269 e. The summed E-state index contributed by atoms with van der Waals surface area (Å²) in [5.41, 5.74) is 1.65. The van der Waals surface area contributed by atoms with E-state index in [1.165, 1.54) is 16.9 Å². The van der Waals surface area contributed by atoms with Crippen molar-refractivity contribution in [2.45, 2.75) is 6.42 Å². The van der Waals surface area contributed by atoms with Crippen molar-refractivity contribution < 1.29 is 4.92 Å². The molecular weight excluding hydrogens is 306 g/mol. The van der Waals surface area contributed by atoms with E-state index in [0.29, 0.717) is 23.0 Å². The van der Waals surface area contributed by atoms with E-state index in [1.807, 2.05) is 12.1 Å². The van der Waals surface area contributed by atoms with Gasteiger partial charge in [0.2, 0.25) is 0 Å². The number of nitro benzene ring substituents is 1. The number of halogens is 1. The van der Waals surface area contributed by atoms with Crippen LogP contribution in [0, 0.1) is 10.1 Å². The zero-order valence-electron chi connectivity index (χ0n) is 11.3. The smallest absolute Gasteiger partial charge is 0.258 e. The molecule has 0 unspecified atom stereocenters. The summed E-state index contributed by atoms with van der Waals surface area (Å²) in [5.74, 6) is 0.556. The highest BCUT2D eigenvalue weighted by Crippen LogP contribution is 2.15. The molecule has 0 fully saturated rings. The second kappa shape index (κ2) is 5.90. The summed E-state index contributed by atoms with van der Waals surface area (Å²) in [5, 5.41) is 23.5. The highest BCUT2D eigenvalue weighted by Gasteiger charge is 2.08. The molecule has 0 radical (unpaired) electrons. The fraction of sp³-hybridized carbons (Fsp3) is 0.0714. The van der Waals surface area contributed by atoms with Gasteiger partial charge in [-0.3, -0.25) is 10.1 Å². The highest BCUT2D eigenvalue weighted by molar-refractivity contribution is 6.30. The van der Waals surface area contributed by atoms with Gasteiger partial charge in [0.25, 0.3) is 5.69 Å². The van der Waals surface area contributed by atoms with Crippen molar-refractivity contribution in [2.75, 3.05) is 0 Å². The first kappa shape index (κ1) is 14.2. The average Bonchev–Trinajstić information content (AvgIpc) is 2.98. The van der Waals surface area contributed by atoms with Gasteiger partial charge in [-0.05, 0) is 35.0 Å². The van der Waals surface area contributed by atoms with Gasteiger partial charge in [0.15, 0.2) is 5.82 Å². The van der Waals surface area contributed by atoms with E-state index in [0.717, 1.165) is 5.56 Å². The van der Waals surface area contributed by atoms with Crippen molar-refractivity contribution in [2.24, 2.45) is 0 Å². The summed E-state index contributed by atoms with van der Waals surface area (Å²) < 4.78 is 0. The molecule has 0 saturated heterocycles. The molecule has 8 heteroatoms. The molecule has 0 aliphatic carbocycles. The molecule has 1 aromatic heterocycles. The Bertz CT molecular complexity index is 799. The molecule has 0 N–H and O–H groups in total. The molecule has 3 rings (SSSR count). The number of benzene rings is 2. The van der Waals surface area contributed by atoms with Crippen LogP contribution in [0.25, 0.3) is 5.69 Å². The molecule has 0 bridgehead atoms. The van der Waals surface area contributed by atoms with E-state index in [2.05, 4.69) is 15.4 Å². The first-order chi connectivity index (χ1) is 10.6. The average molecular weight is 316 g/mol. The zero-order chi connectivity index (χ0) is 15.5. The predicted molar refractivity (Wildman–Crippen MR) is 80.1 cm³/mol. The van der Waals surface area contributed by atoms with E-state index in [1.54, 1.807) is 24.3 Å². The SMILES string of the molecule is O=[N+]([O-])c1ccc(-n2nnc(Cc3ccc(Cl)cc3)n2)cc1. The third kappa shape index (κ3) is 3.09. The van der Waals surface area contributed by atoms with Crippen LogP contribution in [-0.4, -0.2) is 25.1 Å². The molecule has 22 heavy (non-hydrogen) atoms. The number of hydrogen-bond acceptors (Lipinski definition) is 5. The Balaban J connectivity index is 1.78. The molecule has 0 aliphatic rings. The van der Waals surface area contributed by atoms with Gasteiger partial charge in [0.1, 0.15) is 0 Å². The lowest BCUT2D eigenvalue weighted by Gasteiger charge is -1.98. The summed E-state index contributed by atoms with van der Waals surface area (Å²) in [7, 11) is 0. The van der Waals surface area contributed by atoms with Crippen molar-refractivity contribution >= 4 is 17.3 Å². The van der Waals surface area contributed by atoms with Crippen LogP contribution in [0.3, 0.4) is 0 Å². The highest BCUT2D eigenvalue weighted by atomic mass is 35.5. The van der Waals surface area contributed by atoms with Gasteiger partial charge in [-0.15, -0.1) is 15.0 Å². The number of rotatable bonds is 4. The lowest BCUT2D eigenvalue weighted by Crippen LogP contribution is -2.00. The van der Waals surface area contributed by atoms with Crippen LogP contribution in [0.15, 0.2) is 48.5 Å². The van der Waals surface area contributed by atoms with E-state index < -0.39 is 4.92 Å². The molecule has 0 aliphatic heterocycles. The van der Waals surface area contributed by atoms with E-state index in [-0.39, 0.29) is 5.69 Å². The molecule has 0 atom stereocenters. The molecule has 3 aromatic rings. The second-order valence-corrected chi connectivity index (χ2v) is 5.01. The molecule has 0 amide bonds. The Morgan fingerprint density at radius 1 is 1.09 bits per heavy atom. The Hall–Kier alpha value is -2.80. The van der Waals surface area contributed by atoms with Crippen molar-refractivity contribution in [3.63, 3.8) is 0 Å². The van der Waals surface area contributed by atoms with Gasteiger partial charge in [-0.2, -0.15) is 0 Å². The summed E-state index contributed by atoms with van der Waals surface area (Å²) in [6, 6.07) is 13.4. The standard InChI is InChI=1S/C14H10ClN5O2/c15-11-3-1-10(2-4-11)9-14-16-18-19(17-14)12-5-7-13(8-6-12)20(21)22/h1-8H,9H2. The molecule has 110 valence electrons. The second-order valence-electron chi connectivity index (χ2n) is 4.57. The lowest BCUT2D eigenvalue weighted by atomic mass is 10.1. The van der Waals surface area contributed by atoms with Gasteiger partial charge in [-0.25, -0.2) is 0 Å². The lowest BCUT2D eigenvalue weighted by molar-refractivity contribution is -0.384. The number of nitro groups is 1. The Morgan fingerprint density at radius 2 is 1.77 bits per heavy atom. The maximum Gasteiger partial charge on any atom is 0.269 e. The van der Waals surface area contributed by atoms with Crippen LogP contribution in [0.5, 0.6) is 0 Å². The van der Waals surface area contributed by atoms with Gasteiger partial charge in [0, 0.05) is 23.6 Å². The van der Waals surface area contributed by atoms with Gasteiger partial charge >= 0.3 is 0 Å². The number of aromatic nitrogens is 4. The first-order valence-electron chi connectivity index (χ1n) is 6.40. The van der Waals surface area contributed by atoms with E-state index >= 15 is 0 Å². The molecule has 0 spiro atoms. The van der Waals surface area contributed by atoms with Crippen LogP contribution in [-0.2, 0) is 6.42 Å². The summed E-state index contributed by atoms with van der Waals surface area (Å²) in [6.45, 7) is 0. The maximum absolute atomic E-state index is 10.6. The monoisotopic (exact) mass is 315 g/mol. The minimum absolute atomic E-state index is 0.0188. The van der Waals surface area contributed by atoms with Crippen molar-refractivity contribution in [1.82, 2.24) is 20.2 Å². The van der Waals surface area contributed by atoms with Crippen LogP contribution < -0.4 is 0 Å². The fourth-order valence-corrected chi connectivity index (χ4v) is 2.04. The van der Waals surface area contributed by atoms with E-state index in [4.69, 9.17) is 11.6 Å². The zero-order valence-corrected chi connectivity index (χ0v) is 12.0. The van der Waals surface area contributed by atoms with Crippen LogP contribution in [0.1, 0.15) is 11.4 Å². The van der Waals surface area contributed by atoms with Gasteiger partial charge in [-0.1, -0.05) is 23.7 Å². The van der Waals surface area contributed by atoms with Crippen molar-refractivity contribution in [1.29, 1.82) is 0 Å². The van der Waals surface area contributed by atoms with E-state index in [9.17, 15) is 10.1 Å². The van der Waals surface area contributed by atoms with Gasteiger partial charge < -0.3 is 0 Å². The number of tetrazole rings is 1. The molecule has 1 heterocycles. The topological polar surface area (TPSA) is 86.7 Å². The predicted octanol–water partition coefficient (Wildman–Crippen LogP) is 2.81. The Kier molecular flexibility index (Phi) is 3.80. The Morgan fingerprint density at radius 3 is 2.41 bits per heavy atom. The van der Waals surface area contributed by atoms with Crippen molar-refractivity contribution in [3.8, 4) is 5.69 Å². The molecule has 2 aromatic carbocycles. The van der Waals surface area contributed by atoms with Crippen LogP contribution in [0.2, 0.25) is 5.02 Å². The third-order valence-electron chi connectivity index (χ3n) is 3.02. The summed E-state index contributed by atoms with van der Waals surface area (Å²) >= 11 is 5.84. The first-order valence-corrected chi connectivity index (χ1v) is 6.78. The number of non-ortho nitro benzene ring substituents is 1. The van der Waals surface area contributed by atoms with Crippen molar-refractivity contribution in [3.05, 3.63) is 75.1 Å². The number of hydrogen-bond donors (Lipinski definition) is 0. The molecule has 0 saturated carbocycles. The summed E-state index contributed by atoms with van der Waals surface area (Å²) in [6.07, 6.45) is 0.532. The minimum Gasteiger partial charge on any atom is -0.258 e. The van der Waals surface area contributed by atoms with Gasteiger partial charge in [0.05, 0.1) is 10.6 Å². The quantitative estimate of drug-likeness (QED) is 0.545. The fourth-order valence-electron chi connectivity index (χ4n) is 1.92. The maximum atomic E-state index is 10.6. The van der Waals surface area contributed by atoms with Crippen LogP contribution >= 0.6 is 11.6 Å². The van der Waals surface area contributed by atoms with Crippen LogP contribution in [0.4, 0.5) is 5.69 Å².